The Bertz CT molecular complexity index is 881. The van der Waals surface area contributed by atoms with Gasteiger partial charge in [0.15, 0.2) is 11.5 Å². The summed E-state index contributed by atoms with van der Waals surface area (Å²) in [5.41, 5.74) is 29.9. The summed E-state index contributed by atoms with van der Waals surface area (Å²) in [6, 6.07) is 5.86. The summed E-state index contributed by atoms with van der Waals surface area (Å²) < 4.78 is 10.2. The topological polar surface area (TPSA) is 183 Å². The molecule has 10 N–H and O–H groups in total. The second-order valence-electron chi connectivity index (χ2n) is 5.33. The van der Waals surface area contributed by atoms with Crippen molar-refractivity contribution >= 4 is 34.8 Å². The number of carbonyl (C=O) groups excluding carboxylic acids is 2. The molecule has 0 bridgehead atoms. The predicted octanol–water partition coefficient (Wildman–Crippen LogP) is 0.524. The van der Waals surface area contributed by atoms with Gasteiger partial charge in [-0.3, -0.25) is 4.79 Å². The monoisotopic (exact) mass is 329 g/mol. The zero-order valence-corrected chi connectivity index (χ0v) is 12.4. The molecule has 0 aliphatic carbocycles. The van der Waals surface area contributed by atoms with Gasteiger partial charge in [-0.1, -0.05) is 0 Å². The van der Waals surface area contributed by atoms with Crippen LogP contribution in [0.4, 0.5) is 27.5 Å². The molecule has 1 amide bonds. The second kappa shape index (κ2) is 5.23. The summed E-state index contributed by atoms with van der Waals surface area (Å²) in [5, 5.41) is 0. The molecule has 9 heteroatoms. The van der Waals surface area contributed by atoms with E-state index in [1.165, 1.54) is 18.2 Å². The maximum atomic E-state index is 12.4. The number of benzene rings is 2. The molecule has 1 heterocycles. The number of anilines is 4. The molecular formula is C15H15N5O4. The van der Waals surface area contributed by atoms with E-state index in [9.17, 15) is 9.59 Å². The van der Waals surface area contributed by atoms with Gasteiger partial charge >= 0.3 is 12.1 Å². The van der Waals surface area contributed by atoms with Gasteiger partial charge < -0.3 is 38.1 Å². The molecule has 9 nitrogen and oxygen atoms in total. The number of amides is 1. The maximum Gasteiger partial charge on any atom is 0.410 e. The van der Waals surface area contributed by atoms with Crippen molar-refractivity contribution in [1.29, 1.82) is 0 Å². The first kappa shape index (κ1) is 15.3. The molecular weight excluding hydrogens is 314 g/mol. The number of hydrogen-bond acceptors (Lipinski definition) is 8. The minimum absolute atomic E-state index is 0.0573. The molecule has 0 fully saturated rings. The van der Waals surface area contributed by atoms with Crippen molar-refractivity contribution < 1.29 is 19.1 Å². The van der Waals surface area contributed by atoms with Crippen LogP contribution in [0, 0.1) is 0 Å². The highest BCUT2D eigenvalue weighted by atomic mass is 16.6. The molecule has 0 saturated carbocycles. The van der Waals surface area contributed by atoms with Crippen LogP contribution in [-0.2, 0) is 4.79 Å². The Balaban J connectivity index is 2.24. The van der Waals surface area contributed by atoms with Gasteiger partial charge in [0.1, 0.15) is 5.92 Å². The molecule has 2 aromatic carbocycles. The van der Waals surface area contributed by atoms with Crippen LogP contribution in [0.3, 0.4) is 0 Å². The van der Waals surface area contributed by atoms with E-state index in [1.54, 1.807) is 6.07 Å². The van der Waals surface area contributed by atoms with Gasteiger partial charge in [-0.25, -0.2) is 4.79 Å². The predicted molar refractivity (Wildman–Crippen MR) is 88.2 cm³/mol. The number of fused-ring (bicyclic) bond motifs is 1. The van der Waals surface area contributed by atoms with Gasteiger partial charge in [0, 0.05) is 22.5 Å². The maximum absolute atomic E-state index is 12.4. The Morgan fingerprint density at radius 3 is 2.17 bits per heavy atom. The molecule has 1 aliphatic rings. The van der Waals surface area contributed by atoms with Crippen LogP contribution >= 0.6 is 0 Å². The molecule has 0 radical (unpaired) electrons. The van der Waals surface area contributed by atoms with E-state index in [1.807, 2.05) is 0 Å². The zero-order chi connectivity index (χ0) is 17.6. The third-order valence-corrected chi connectivity index (χ3v) is 3.60. The first-order valence-corrected chi connectivity index (χ1v) is 6.84. The molecule has 1 unspecified atom stereocenters. The quantitative estimate of drug-likeness (QED) is 0.300. The third kappa shape index (κ3) is 2.37. The highest BCUT2D eigenvalue weighted by molar-refractivity contribution is 5.94. The summed E-state index contributed by atoms with van der Waals surface area (Å²) in [6.07, 6.45) is -1.08. The number of rotatable bonds is 2. The number of hydrogen-bond donors (Lipinski definition) is 5. The van der Waals surface area contributed by atoms with Crippen molar-refractivity contribution in [3.63, 3.8) is 0 Å². The van der Waals surface area contributed by atoms with E-state index in [4.69, 9.17) is 38.1 Å². The van der Waals surface area contributed by atoms with Gasteiger partial charge in [0.2, 0.25) is 0 Å². The molecule has 124 valence electrons. The van der Waals surface area contributed by atoms with Crippen molar-refractivity contribution in [3.05, 3.63) is 35.4 Å². The Morgan fingerprint density at radius 2 is 1.54 bits per heavy atom. The van der Waals surface area contributed by atoms with E-state index >= 15 is 0 Å². The van der Waals surface area contributed by atoms with Crippen LogP contribution in [0.2, 0.25) is 0 Å². The van der Waals surface area contributed by atoms with Crippen LogP contribution in [0.25, 0.3) is 0 Å². The van der Waals surface area contributed by atoms with Crippen molar-refractivity contribution in [1.82, 2.24) is 0 Å². The molecule has 0 aromatic heterocycles. The van der Waals surface area contributed by atoms with Gasteiger partial charge in [0.05, 0.1) is 11.4 Å². The number of carbonyl (C=O) groups is 2. The lowest BCUT2D eigenvalue weighted by molar-refractivity contribution is -0.133. The number of ether oxygens (including phenoxy) is 2. The Labute approximate surface area is 136 Å². The Kier molecular flexibility index (Phi) is 3.33. The Morgan fingerprint density at radius 1 is 0.958 bits per heavy atom. The fourth-order valence-corrected chi connectivity index (χ4v) is 2.74. The van der Waals surface area contributed by atoms with E-state index in [-0.39, 0.29) is 34.1 Å². The average molecular weight is 329 g/mol. The molecule has 0 spiro atoms. The number of esters is 1. The minimum atomic E-state index is -1.08. The summed E-state index contributed by atoms with van der Waals surface area (Å²) in [7, 11) is 0. The number of nitrogens with two attached hydrogens (primary N) is 5. The van der Waals surface area contributed by atoms with Gasteiger partial charge in [-0.15, -0.1) is 0 Å². The lowest BCUT2D eigenvalue weighted by Crippen LogP contribution is -2.20. The molecule has 24 heavy (non-hydrogen) atoms. The molecule has 1 atom stereocenters. The SMILES string of the molecule is NC(=O)Oc1c(N)cc(N)cc1C1C(=O)Oc2c(N)cc(N)cc21. The normalized spacial score (nSPS) is 15.7. The molecule has 2 aromatic rings. The highest BCUT2D eigenvalue weighted by Crippen LogP contribution is 2.47. The highest BCUT2D eigenvalue weighted by Gasteiger charge is 2.39. The second-order valence-corrected chi connectivity index (χ2v) is 5.33. The molecule has 0 saturated heterocycles. The van der Waals surface area contributed by atoms with Crippen LogP contribution in [0.5, 0.6) is 11.5 Å². The summed E-state index contributed by atoms with van der Waals surface area (Å²) >= 11 is 0. The van der Waals surface area contributed by atoms with Crippen LogP contribution in [-0.4, -0.2) is 12.1 Å². The van der Waals surface area contributed by atoms with Gasteiger partial charge in [0.25, 0.3) is 0 Å². The smallest absolute Gasteiger partial charge is 0.410 e. The lowest BCUT2D eigenvalue weighted by Gasteiger charge is -2.16. The van der Waals surface area contributed by atoms with Crippen molar-refractivity contribution in [2.24, 2.45) is 5.73 Å². The lowest BCUT2D eigenvalue weighted by atomic mass is 9.90. The third-order valence-electron chi connectivity index (χ3n) is 3.60. The van der Waals surface area contributed by atoms with Crippen LogP contribution in [0.1, 0.15) is 17.0 Å². The van der Waals surface area contributed by atoms with Crippen molar-refractivity contribution in [2.45, 2.75) is 5.92 Å². The van der Waals surface area contributed by atoms with Crippen molar-refractivity contribution in [2.75, 3.05) is 22.9 Å². The fraction of sp³-hybridized carbons (Fsp3) is 0.0667. The average Bonchev–Trinajstić information content (AvgIpc) is 2.78. The van der Waals surface area contributed by atoms with E-state index in [2.05, 4.69) is 0 Å². The summed E-state index contributed by atoms with van der Waals surface area (Å²) in [4.78, 5) is 23.5. The van der Waals surface area contributed by atoms with E-state index < -0.39 is 18.0 Å². The first-order chi connectivity index (χ1) is 11.3. The van der Waals surface area contributed by atoms with Gasteiger partial charge in [-0.2, -0.15) is 0 Å². The largest absolute Gasteiger partial charge is 0.423 e. The summed E-state index contributed by atoms with van der Waals surface area (Å²) in [6.45, 7) is 0. The number of primary amides is 1. The van der Waals surface area contributed by atoms with E-state index in [0.29, 0.717) is 11.3 Å². The minimum Gasteiger partial charge on any atom is -0.423 e. The first-order valence-electron chi connectivity index (χ1n) is 6.84. The Hall–Kier alpha value is -3.62. The van der Waals surface area contributed by atoms with Gasteiger partial charge in [-0.05, 0) is 24.3 Å². The van der Waals surface area contributed by atoms with Crippen LogP contribution in [0.15, 0.2) is 24.3 Å². The van der Waals surface area contributed by atoms with Crippen molar-refractivity contribution in [3.8, 4) is 11.5 Å². The number of nitrogen functional groups attached to an aromatic ring is 4. The van der Waals surface area contributed by atoms with Crippen LogP contribution < -0.4 is 38.1 Å². The standard InChI is InChI=1S/C15H15N5O4/c16-5-1-7-11(14(21)23-12(7)9(18)3-5)8-2-6(17)4-10(19)13(8)24-15(20)22/h1-4,11H,16-19H2,(H2,20,22). The molecule has 3 rings (SSSR count). The fourth-order valence-electron chi connectivity index (χ4n) is 2.74. The summed E-state index contributed by atoms with van der Waals surface area (Å²) in [5.74, 6) is -1.44. The molecule has 1 aliphatic heterocycles. The van der Waals surface area contributed by atoms with E-state index in [0.717, 1.165) is 0 Å². The zero-order valence-electron chi connectivity index (χ0n) is 12.4.